The zero-order chi connectivity index (χ0) is 37.7. The van der Waals surface area contributed by atoms with Crippen LogP contribution in [0.5, 0.6) is 0 Å². The highest BCUT2D eigenvalue weighted by Crippen LogP contribution is 2.44. The summed E-state index contributed by atoms with van der Waals surface area (Å²) in [6.45, 7) is 0. The van der Waals surface area contributed by atoms with Crippen LogP contribution in [0, 0.1) is 0 Å². The fraction of sp³-hybridized carbons (Fsp3) is 0. The Kier molecular flexibility index (Phi) is 7.82. The maximum atomic E-state index is 6.56. The van der Waals surface area contributed by atoms with Crippen LogP contribution in [0.4, 0.5) is 17.1 Å². The fourth-order valence-corrected chi connectivity index (χ4v) is 8.51. The predicted octanol–water partition coefficient (Wildman–Crippen LogP) is 15.2. The van der Waals surface area contributed by atoms with Crippen molar-refractivity contribution < 1.29 is 4.42 Å². The van der Waals surface area contributed by atoms with Crippen molar-refractivity contribution in [1.82, 2.24) is 4.57 Å². The van der Waals surface area contributed by atoms with Crippen LogP contribution in [0.15, 0.2) is 223 Å². The first-order chi connectivity index (χ1) is 28.3. The molecule has 0 aliphatic carbocycles. The van der Waals surface area contributed by atoms with Crippen LogP contribution in [-0.2, 0) is 0 Å². The highest BCUT2D eigenvalue weighted by atomic mass is 16.3. The molecule has 3 heteroatoms. The van der Waals surface area contributed by atoms with E-state index in [1.54, 1.807) is 0 Å². The van der Waals surface area contributed by atoms with Gasteiger partial charge in [0.2, 0.25) is 0 Å². The van der Waals surface area contributed by atoms with E-state index < -0.39 is 0 Å². The van der Waals surface area contributed by atoms with E-state index in [4.69, 9.17) is 4.42 Å². The Hall–Kier alpha value is -7.62. The Morgan fingerprint density at radius 1 is 0.351 bits per heavy atom. The molecule has 0 bridgehead atoms. The second-order valence-electron chi connectivity index (χ2n) is 14.5. The third kappa shape index (κ3) is 5.60. The van der Waals surface area contributed by atoms with Gasteiger partial charge in [-0.15, -0.1) is 0 Å². The van der Waals surface area contributed by atoms with E-state index in [0.29, 0.717) is 0 Å². The van der Waals surface area contributed by atoms with Crippen molar-refractivity contribution >= 4 is 60.8 Å². The Morgan fingerprint density at radius 2 is 0.877 bits per heavy atom. The van der Waals surface area contributed by atoms with Crippen molar-refractivity contribution in [1.29, 1.82) is 0 Å². The molecule has 0 radical (unpaired) electrons. The van der Waals surface area contributed by atoms with Gasteiger partial charge in [0.25, 0.3) is 0 Å². The number of nitrogens with zero attached hydrogens (tertiary/aromatic N) is 2. The molecule has 3 nitrogen and oxygen atoms in total. The van der Waals surface area contributed by atoms with E-state index in [1.165, 1.54) is 44.1 Å². The molecule has 11 aromatic rings. The number of rotatable bonds is 7. The van der Waals surface area contributed by atoms with Crippen LogP contribution in [0.2, 0.25) is 0 Å². The van der Waals surface area contributed by atoms with E-state index in [2.05, 4.69) is 216 Å². The second kappa shape index (κ2) is 13.6. The number of anilines is 3. The van der Waals surface area contributed by atoms with Gasteiger partial charge < -0.3 is 13.9 Å². The van der Waals surface area contributed by atoms with E-state index >= 15 is 0 Å². The van der Waals surface area contributed by atoms with Crippen LogP contribution >= 0.6 is 0 Å². The average molecular weight is 729 g/mol. The van der Waals surface area contributed by atoms with E-state index in [0.717, 1.165) is 55.8 Å². The van der Waals surface area contributed by atoms with Crippen molar-refractivity contribution in [2.75, 3.05) is 4.90 Å². The summed E-state index contributed by atoms with van der Waals surface area (Å²) in [5.41, 5.74) is 15.4. The number of aromatic nitrogens is 1. The Morgan fingerprint density at radius 3 is 1.54 bits per heavy atom. The van der Waals surface area contributed by atoms with Gasteiger partial charge in [0, 0.05) is 38.5 Å². The normalized spacial score (nSPS) is 11.5. The van der Waals surface area contributed by atoms with Gasteiger partial charge in [-0.05, 0) is 82.4 Å². The molecular weight excluding hydrogens is 693 g/mol. The van der Waals surface area contributed by atoms with Gasteiger partial charge in [-0.25, -0.2) is 0 Å². The van der Waals surface area contributed by atoms with Crippen molar-refractivity contribution in [3.05, 3.63) is 218 Å². The first kappa shape index (κ1) is 32.8. The fourth-order valence-electron chi connectivity index (χ4n) is 8.51. The molecule has 0 atom stereocenters. The minimum Gasteiger partial charge on any atom is -0.454 e. The van der Waals surface area contributed by atoms with Crippen LogP contribution < -0.4 is 4.90 Å². The lowest BCUT2D eigenvalue weighted by Gasteiger charge is -2.25. The summed E-state index contributed by atoms with van der Waals surface area (Å²) in [5, 5.41) is 4.68. The molecule has 2 heterocycles. The smallest absolute Gasteiger partial charge is 0.159 e. The summed E-state index contributed by atoms with van der Waals surface area (Å²) in [6.07, 6.45) is 0. The summed E-state index contributed by atoms with van der Waals surface area (Å²) in [6, 6.07) is 78.1. The van der Waals surface area contributed by atoms with Crippen molar-refractivity contribution in [3.8, 4) is 39.1 Å². The van der Waals surface area contributed by atoms with E-state index in [1.807, 2.05) is 12.1 Å². The lowest BCUT2D eigenvalue weighted by molar-refractivity contribution is 0.669. The minimum atomic E-state index is 0.869. The van der Waals surface area contributed by atoms with Crippen molar-refractivity contribution in [2.24, 2.45) is 0 Å². The average Bonchev–Trinajstić information content (AvgIpc) is 3.83. The first-order valence-electron chi connectivity index (χ1n) is 19.4. The van der Waals surface area contributed by atoms with Gasteiger partial charge in [-0.2, -0.15) is 0 Å². The number of hydrogen-bond acceptors (Lipinski definition) is 2. The Balaban J connectivity index is 1.09. The van der Waals surface area contributed by atoms with E-state index in [9.17, 15) is 0 Å². The van der Waals surface area contributed by atoms with Gasteiger partial charge >= 0.3 is 0 Å². The topological polar surface area (TPSA) is 21.3 Å². The third-order valence-electron chi connectivity index (χ3n) is 11.2. The zero-order valence-corrected chi connectivity index (χ0v) is 31.1. The molecule has 0 spiro atoms. The van der Waals surface area contributed by atoms with E-state index in [-0.39, 0.29) is 0 Å². The summed E-state index contributed by atoms with van der Waals surface area (Å²) < 4.78 is 9.02. The molecule has 0 aliphatic rings. The van der Waals surface area contributed by atoms with Crippen molar-refractivity contribution in [2.45, 2.75) is 0 Å². The molecule has 0 amide bonds. The molecule has 0 fully saturated rings. The minimum absolute atomic E-state index is 0.869. The van der Waals surface area contributed by atoms with Crippen LogP contribution in [0.1, 0.15) is 0 Å². The highest BCUT2D eigenvalue weighted by Gasteiger charge is 2.21. The third-order valence-corrected chi connectivity index (χ3v) is 11.2. The predicted molar refractivity (Wildman–Crippen MR) is 239 cm³/mol. The Bertz CT molecular complexity index is 3120. The van der Waals surface area contributed by atoms with Gasteiger partial charge in [0.05, 0.1) is 22.4 Å². The monoisotopic (exact) mass is 728 g/mol. The molecule has 0 aliphatic heterocycles. The zero-order valence-electron chi connectivity index (χ0n) is 31.1. The molecule has 11 rings (SSSR count). The van der Waals surface area contributed by atoms with Gasteiger partial charge in [-0.3, -0.25) is 0 Å². The van der Waals surface area contributed by atoms with Gasteiger partial charge in [-0.1, -0.05) is 164 Å². The quantitative estimate of drug-likeness (QED) is 0.163. The summed E-state index contributed by atoms with van der Waals surface area (Å²) >= 11 is 0. The summed E-state index contributed by atoms with van der Waals surface area (Å²) in [7, 11) is 0. The summed E-state index contributed by atoms with van der Waals surface area (Å²) in [5.74, 6) is 0. The lowest BCUT2D eigenvalue weighted by Crippen LogP contribution is -2.10. The number of furan rings is 1. The molecule has 9 aromatic carbocycles. The molecule has 0 unspecified atom stereocenters. The first-order valence-corrected chi connectivity index (χ1v) is 19.4. The largest absolute Gasteiger partial charge is 0.454 e. The standard InChI is InChI=1S/C54H36N2O/c1-4-15-37(16-5-1)40-29-33-45-46-34-30-41(38-17-6-2-7-18-38)36-52(46)56(51(45)35-40)49-24-12-10-21-44(49)39-27-31-43(32-28-39)55(42-19-8-3-9-20-42)50-25-14-23-48-47-22-11-13-26-53(47)57-54(48)50/h1-36H. The number of fused-ring (bicyclic) bond motifs is 6. The molecule has 268 valence electrons. The lowest BCUT2D eigenvalue weighted by atomic mass is 10.0. The number of para-hydroxylation sites is 4. The van der Waals surface area contributed by atoms with Crippen LogP contribution in [-0.4, -0.2) is 4.57 Å². The maximum absolute atomic E-state index is 6.56. The highest BCUT2D eigenvalue weighted by molar-refractivity contribution is 6.12. The molecule has 0 saturated heterocycles. The van der Waals surface area contributed by atoms with Crippen LogP contribution in [0.25, 0.3) is 82.8 Å². The Labute approximate surface area is 330 Å². The van der Waals surface area contributed by atoms with Crippen LogP contribution in [0.3, 0.4) is 0 Å². The SMILES string of the molecule is c1ccc(-c2ccc3c4ccc(-c5ccccc5)cc4n(-c4ccccc4-c4ccc(N(c5ccccc5)c5cccc6c5oc5ccccc56)cc4)c3c2)cc1. The molecule has 57 heavy (non-hydrogen) atoms. The summed E-state index contributed by atoms with van der Waals surface area (Å²) in [4.78, 5) is 2.30. The number of hydrogen-bond donors (Lipinski definition) is 0. The van der Waals surface area contributed by atoms with Gasteiger partial charge in [0.1, 0.15) is 5.58 Å². The van der Waals surface area contributed by atoms with Gasteiger partial charge in [0.15, 0.2) is 5.58 Å². The maximum Gasteiger partial charge on any atom is 0.159 e. The molecule has 0 N–H and O–H groups in total. The second-order valence-corrected chi connectivity index (χ2v) is 14.5. The molecule has 0 saturated carbocycles. The van der Waals surface area contributed by atoms with Crippen molar-refractivity contribution in [3.63, 3.8) is 0 Å². The molecule has 2 aromatic heterocycles. The number of benzene rings is 9. The molecular formula is C54H36N2O.